The number of anilines is 1. The lowest BCUT2D eigenvalue weighted by Gasteiger charge is -1.95. The second kappa shape index (κ2) is 3.46. The molecule has 0 aromatic carbocycles. The van der Waals surface area contributed by atoms with E-state index in [0.717, 1.165) is 11.0 Å². The Morgan fingerprint density at radius 3 is 2.60 bits per heavy atom. The zero-order valence-electron chi connectivity index (χ0n) is 7.18. The molecule has 0 spiro atoms. The molecule has 0 bridgehead atoms. The van der Waals surface area contributed by atoms with E-state index >= 15 is 0 Å². The number of halogens is 3. The van der Waals surface area contributed by atoms with Gasteiger partial charge in [-0.05, 0) is 0 Å². The minimum atomic E-state index is -2.71. The number of nitrogens with two attached hydrogens (primary N) is 1. The molecule has 0 fully saturated rings. The van der Waals surface area contributed by atoms with E-state index < -0.39 is 6.55 Å². The predicted molar refractivity (Wildman–Crippen MR) is 47.8 cm³/mol. The van der Waals surface area contributed by atoms with Crippen LogP contribution in [-0.2, 0) is 0 Å². The van der Waals surface area contributed by atoms with E-state index in [9.17, 15) is 8.78 Å². The number of alkyl halides is 2. The summed E-state index contributed by atoms with van der Waals surface area (Å²) in [6.07, 6.45) is 2.27. The maximum atomic E-state index is 12.2. The van der Waals surface area contributed by atoms with Gasteiger partial charge in [-0.25, -0.2) is 4.68 Å². The first-order chi connectivity index (χ1) is 7.08. The van der Waals surface area contributed by atoms with Gasteiger partial charge in [-0.1, -0.05) is 11.6 Å². The summed E-state index contributed by atoms with van der Waals surface area (Å²) in [6, 6.07) is 0. The van der Waals surface area contributed by atoms with Crippen LogP contribution in [0.1, 0.15) is 6.55 Å². The first-order valence-electron chi connectivity index (χ1n) is 3.79. The van der Waals surface area contributed by atoms with Crippen molar-refractivity contribution in [1.29, 1.82) is 0 Å². The number of aromatic nitrogens is 5. The van der Waals surface area contributed by atoms with Gasteiger partial charge in [0, 0.05) is 0 Å². The molecule has 15 heavy (non-hydrogen) atoms. The molecule has 0 unspecified atom stereocenters. The number of nitrogen functional groups attached to an aromatic ring is 1. The molecule has 0 saturated carbocycles. The molecular weight excluding hydrogens is 230 g/mol. The molecule has 2 heterocycles. The summed E-state index contributed by atoms with van der Waals surface area (Å²) in [6.45, 7) is -2.71. The molecule has 0 atom stereocenters. The summed E-state index contributed by atoms with van der Waals surface area (Å²) in [4.78, 5) is 1.03. The van der Waals surface area contributed by atoms with Gasteiger partial charge >= 0.3 is 6.55 Å². The summed E-state index contributed by atoms with van der Waals surface area (Å²) < 4.78 is 24.8. The molecule has 6 nitrogen and oxygen atoms in total. The van der Waals surface area contributed by atoms with E-state index in [1.165, 1.54) is 6.20 Å². The van der Waals surface area contributed by atoms with Gasteiger partial charge in [0.2, 0.25) is 0 Å². The zero-order valence-corrected chi connectivity index (χ0v) is 7.94. The van der Waals surface area contributed by atoms with Crippen molar-refractivity contribution in [3.63, 3.8) is 0 Å². The highest BCUT2D eigenvalue weighted by atomic mass is 35.5. The SMILES string of the molecule is Nc1nn(-c2cnn(C(F)F)c2)nc1Cl. The molecule has 2 aromatic heterocycles. The molecule has 80 valence electrons. The van der Waals surface area contributed by atoms with Gasteiger partial charge in [-0.15, -0.1) is 15.0 Å². The topological polar surface area (TPSA) is 74.5 Å². The summed E-state index contributed by atoms with van der Waals surface area (Å²) in [5.41, 5.74) is 5.60. The number of rotatable bonds is 2. The highest BCUT2D eigenvalue weighted by molar-refractivity contribution is 6.31. The fraction of sp³-hybridized carbons (Fsp3) is 0.167. The van der Waals surface area contributed by atoms with Gasteiger partial charge in [0.25, 0.3) is 0 Å². The fourth-order valence-corrected chi connectivity index (χ4v) is 1.06. The molecule has 2 N–H and O–H groups in total. The lowest BCUT2D eigenvalue weighted by Crippen LogP contribution is -1.99. The Balaban J connectivity index is 2.37. The Kier molecular flexibility index (Phi) is 2.27. The molecule has 0 saturated heterocycles. The summed E-state index contributed by atoms with van der Waals surface area (Å²) >= 11 is 5.55. The minimum absolute atomic E-state index is 0.0137. The van der Waals surface area contributed by atoms with Gasteiger partial charge in [0.05, 0.1) is 12.4 Å². The third-order valence-electron chi connectivity index (χ3n) is 1.62. The van der Waals surface area contributed by atoms with Gasteiger partial charge in [0.15, 0.2) is 11.0 Å². The second-order valence-electron chi connectivity index (χ2n) is 2.62. The van der Waals surface area contributed by atoms with Gasteiger partial charge < -0.3 is 5.73 Å². The Labute approximate surface area is 87.2 Å². The Hall–Kier alpha value is -1.70. The smallest absolute Gasteiger partial charge is 0.333 e. The molecular formula is C6H5ClF2N6. The Bertz CT molecular complexity index is 458. The third kappa shape index (κ3) is 1.75. The van der Waals surface area contributed by atoms with Crippen LogP contribution >= 0.6 is 11.6 Å². The average Bonchev–Trinajstić information content (AvgIpc) is 2.74. The van der Waals surface area contributed by atoms with Crippen molar-refractivity contribution in [2.24, 2.45) is 0 Å². The molecule has 0 amide bonds. The lowest BCUT2D eigenvalue weighted by molar-refractivity contribution is 0.0566. The van der Waals surface area contributed by atoms with E-state index in [4.69, 9.17) is 17.3 Å². The number of hydrogen-bond acceptors (Lipinski definition) is 4. The first-order valence-corrected chi connectivity index (χ1v) is 4.16. The predicted octanol–water partition coefficient (Wildman–Crippen LogP) is 1.09. The molecule has 0 aliphatic heterocycles. The van der Waals surface area contributed by atoms with Crippen LogP contribution in [0.5, 0.6) is 0 Å². The van der Waals surface area contributed by atoms with Crippen LogP contribution in [0.15, 0.2) is 12.4 Å². The van der Waals surface area contributed by atoms with Crippen molar-refractivity contribution >= 4 is 17.4 Å². The number of nitrogens with zero attached hydrogens (tertiary/aromatic N) is 5. The van der Waals surface area contributed by atoms with Crippen molar-refractivity contribution in [2.75, 3.05) is 5.73 Å². The molecule has 9 heteroatoms. The van der Waals surface area contributed by atoms with Crippen LogP contribution in [0.2, 0.25) is 5.15 Å². The number of hydrogen-bond donors (Lipinski definition) is 1. The first kappa shape index (κ1) is 9.84. The zero-order chi connectivity index (χ0) is 11.0. The van der Waals surface area contributed by atoms with Gasteiger partial charge in [-0.3, -0.25) is 0 Å². The summed E-state index contributed by atoms with van der Waals surface area (Å²) in [5, 5.41) is 10.8. The molecule has 0 radical (unpaired) electrons. The maximum Gasteiger partial charge on any atom is 0.333 e. The van der Waals surface area contributed by atoms with Crippen LogP contribution in [-0.4, -0.2) is 24.8 Å². The van der Waals surface area contributed by atoms with Crippen molar-refractivity contribution < 1.29 is 8.78 Å². The van der Waals surface area contributed by atoms with E-state index in [0.29, 0.717) is 4.68 Å². The monoisotopic (exact) mass is 234 g/mol. The summed E-state index contributed by atoms with van der Waals surface area (Å²) in [7, 11) is 0. The maximum absolute atomic E-state index is 12.2. The van der Waals surface area contributed by atoms with Gasteiger partial charge in [0.1, 0.15) is 5.69 Å². The third-order valence-corrected chi connectivity index (χ3v) is 1.88. The minimum Gasteiger partial charge on any atom is -0.380 e. The van der Waals surface area contributed by atoms with E-state index in [1.807, 2.05) is 0 Å². The fourth-order valence-electron chi connectivity index (χ4n) is 0.954. The standard InChI is InChI=1S/C6H5ClF2N6/c7-4-5(10)13-15(12-4)3-1-11-14(2-3)6(8)9/h1-2,6H,(H2,10,13). The molecule has 0 aliphatic carbocycles. The van der Waals surface area contributed by atoms with Crippen molar-refractivity contribution in [3.8, 4) is 5.69 Å². The Morgan fingerprint density at radius 2 is 2.13 bits per heavy atom. The van der Waals surface area contributed by atoms with E-state index in [1.54, 1.807) is 0 Å². The highest BCUT2D eigenvalue weighted by Gasteiger charge is 2.11. The van der Waals surface area contributed by atoms with Crippen LogP contribution in [0.3, 0.4) is 0 Å². The van der Waals surface area contributed by atoms with Crippen LogP contribution in [0.4, 0.5) is 14.6 Å². The average molecular weight is 235 g/mol. The van der Waals surface area contributed by atoms with Crippen LogP contribution in [0, 0.1) is 0 Å². The lowest BCUT2D eigenvalue weighted by atomic mass is 10.6. The molecule has 2 aromatic rings. The van der Waals surface area contributed by atoms with E-state index in [2.05, 4.69) is 15.3 Å². The Morgan fingerprint density at radius 1 is 1.40 bits per heavy atom. The van der Waals surface area contributed by atoms with Crippen LogP contribution < -0.4 is 5.73 Å². The van der Waals surface area contributed by atoms with Crippen molar-refractivity contribution in [1.82, 2.24) is 24.8 Å². The normalized spacial score (nSPS) is 11.2. The van der Waals surface area contributed by atoms with E-state index in [-0.39, 0.29) is 16.7 Å². The van der Waals surface area contributed by atoms with Crippen molar-refractivity contribution in [2.45, 2.75) is 6.55 Å². The quantitative estimate of drug-likeness (QED) is 0.844. The highest BCUT2D eigenvalue weighted by Crippen LogP contribution is 2.16. The van der Waals surface area contributed by atoms with Gasteiger partial charge in [-0.2, -0.15) is 13.9 Å². The molecule has 2 rings (SSSR count). The molecule has 0 aliphatic rings. The second-order valence-corrected chi connectivity index (χ2v) is 2.98. The largest absolute Gasteiger partial charge is 0.380 e. The van der Waals surface area contributed by atoms with Crippen LogP contribution in [0.25, 0.3) is 5.69 Å². The van der Waals surface area contributed by atoms with Crippen molar-refractivity contribution in [3.05, 3.63) is 17.5 Å². The summed E-state index contributed by atoms with van der Waals surface area (Å²) in [5.74, 6) is 0.0291.